The molecule has 1 saturated carbocycles. The summed E-state index contributed by atoms with van der Waals surface area (Å²) in [6.45, 7) is 0. The van der Waals surface area contributed by atoms with Gasteiger partial charge in [0.1, 0.15) is 11.9 Å². The maximum atomic E-state index is 13.2. The minimum Gasteiger partial charge on any atom is -0.482 e. The number of benzene rings is 1. The fraction of sp³-hybridized carbons (Fsp3) is 0.538. The van der Waals surface area contributed by atoms with Gasteiger partial charge in [-0.05, 0) is 32.4 Å². The topological polar surface area (TPSA) is 64.4 Å². The summed E-state index contributed by atoms with van der Waals surface area (Å²) in [5.41, 5.74) is -0.193. The molecule has 1 aliphatic rings. The normalized spacial score (nSPS) is 23.1. The van der Waals surface area contributed by atoms with Crippen LogP contribution in [-0.4, -0.2) is 24.1 Å². The standard InChI is InChI=1S/C13H17FN2O3/c1-15-10-4-2-3-5-12(10)19-13-8-9(14)6-7-11(13)16(17)18/h6-8,10,12,15H,2-5H2,1H3/t10-,12-/m1/s1. The number of nitro groups is 1. The van der Waals surface area contributed by atoms with E-state index in [0.717, 1.165) is 43.9 Å². The van der Waals surface area contributed by atoms with Crippen LogP contribution < -0.4 is 10.1 Å². The zero-order valence-corrected chi connectivity index (χ0v) is 10.8. The molecule has 1 aromatic carbocycles. The molecular formula is C13H17FN2O3. The maximum Gasteiger partial charge on any atom is 0.311 e. The lowest BCUT2D eigenvalue weighted by Crippen LogP contribution is -2.43. The van der Waals surface area contributed by atoms with Gasteiger partial charge in [-0.3, -0.25) is 10.1 Å². The van der Waals surface area contributed by atoms with Crippen molar-refractivity contribution in [2.75, 3.05) is 7.05 Å². The van der Waals surface area contributed by atoms with Crippen LogP contribution in [0.3, 0.4) is 0 Å². The number of hydrogen-bond donors (Lipinski definition) is 1. The van der Waals surface area contributed by atoms with Gasteiger partial charge in [0.2, 0.25) is 0 Å². The summed E-state index contributed by atoms with van der Waals surface area (Å²) >= 11 is 0. The summed E-state index contributed by atoms with van der Waals surface area (Å²) in [7, 11) is 1.84. The van der Waals surface area contributed by atoms with Crippen LogP contribution in [0.25, 0.3) is 0 Å². The average Bonchev–Trinajstić information content (AvgIpc) is 2.39. The highest BCUT2D eigenvalue weighted by atomic mass is 19.1. The summed E-state index contributed by atoms with van der Waals surface area (Å²) in [6, 6.07) is 3.44. The van der Waals surface area contributed by atoms with Gasteiger partial charge in [-0.2, -0.15) is 0 Å². The molecule has 1 N–H and O–H groups in total. The van der Waals surface area contributed by atoms with E-state index in [2.05, 4.69) is 5.32 Å². The van der Waals surface area contributed by atoms with Gasteiger partial charge in [0.15, 0.2) is 5.75 Å². The molecule has 0 amide bonds. The minimum absolute atomic E-state index is 0.0113. The Bertz CT molecular complexity index is 467. The summed E-state index contributed by atoms with van der Waals surface area (Å²) in [5.74, 6) is -0.519. The van der Waals surface area contributed by atoms with Crippen LogP contribution in [0.1, 0.15) is 25.7 Å². The van der Waals surface area contributed by atoms with Crippen LogP contribution in [0.2, 0.25) is 0 Å². The third kappa shape index (κ3) is 3.20. The Morgan fingerprint density at radius 3 is 2.84 bits per heavy atom. The van der Waals surface area contributed by atoms with E-state index in [-0.39, 0.29) is 23.6 Å². The molecule has 1 aromatic rings. The van der Waals surface area contributed by atoms with Gasteiger partial charge in [0.05, 0.1) is 4.92 Å². The Hall–Kier alpha value is -1.69. The molecule has 0 spiro atoms. The Balaban J connectivity index is 2.21. The lowest BCUT2D eigenvalue weighted by molar-refractivity contribution is -0.386. The van der Waals surface area contributed by atoms with E-state index in [1.807, 2.05) is 7.05 Å². The maximum absolute atomic E-state index is 13.2. The predicted molar refractivity (Wildman–Crippen MR) is 68.8 cm³/mol. The van der Waals surface area contributed by atoms with Gasteiger partial charge in [-0.1, -0.05) is 6.42 Å². The minimum atomic E-state index is -0.550. The van der Waals surface area contributed by atoms with Crippen LogP contribution in [0, 0.1) is 15.9 Å². The third-order valence-electron chi connectivity index (χ3n) is 3.47. The quantitative estimate of drug-likeness (QED) is 0.673. The molecule has 0 aliphatic heterocycles. The number of halogens is 1. The molecule has 104 valence electrons. The van der Waals surface area contributed by atoms with Crippen molar-refractivity contribution in [3.05, 3.63) is 34.1 Å². The molecule has 0 heterocycles. The van der Waals surface area contributed by atoms with Crippen molar-refractivity contribution < 1.29 is 14.1 Å². The van der Waals surface area contributed by atoms with Crippen LogP contribution in [0.5, 0.6) is 5.75 Å². The van der Waals surface area contributed by atoms with E-state index in [0.29, 0.717) is 0 Å². The van der Waals surface area contributed by atoms with E-state index in [4.69, 9.17) is 4.74 Å². The summed E-state index contributed by atoms with van der Waals surface area (Å²) in [4.78, 5) is 10.4. The van der Waals surface area contributed by atoms with E-state index in [9.17, 15) is 14.5 Å². The number of ether oxygens (including phenoxy) is 1. The summed E-state index contributed by atoms with van der Waals surface area (Å²) in [5, 5.41) is 14.1. The van der Waals surface area contributed by atoms with Gasteiger partial charge in [-0.15, -0.1) is 0 Å². The smallest absolute Gasteiger partial charge is 0.311 e. The highest BCUT2D eigenvalue weighted by Crippen LogP contribution is 2.31. The lowest BCUT2D eigenvalue weighted by atomic mass is 9.92. The van der Waals surface area contributed by atoms with E-state index in [1.54, 1.807) is 0 Å². The van der Waals surface area contributed by atoms with E-state index < -0.39 is 10.7 Å². The molecule has 0 saturated heterocycles. The molecule has 0 bridgehead atoms. The zero-order valence-electron chi connectivity index (χ0n) is 10.8. The predicted octanol–water partition coefficient (Wildman–Crippen LogP) is 2.64. The molecule has 0 unspecified atom stereocenters. The van der Waals surface area contributed by atoms with Crippen molar-refractivity contribution in [1.29, 1.82) is 0 Å². The zero-order chi connectivity index (χ0) is 13.8. The molecule has 2 atom stereocenters. The van der Waals surface area contributed by atoms with Crippen molar-refractivity contribution in [3.63, 3.8) is 0 Å². The molecule has 2 rings (SSSR count). The van der Waals surface area contributed by atoms with Gasteiger partial charge in [-0.25, -0.2) is 4.39 Å². The first-order valence-electron chi connectivity index (χ1n) is 6.39. The second-order valence-electron chi connectivity index (χ2n) is 4.71. The van der Waals surface area contributed by atoms with Crippen molar-refractivity contribution in [3.8, 4) is 5.75 Å². The molecule has 19 heavy (non-hydrogen) atoms. The number of likely N-dealkylation sites (N-methyl/N-ethyl adjacent to an activating group) is 1. The second-order valence-corrected chi connectivity index (χ2v) is 4.71. The first-order valence-corrected chi connectivity index (χ1v) is 6.39. The number of hydrogen-bond acceptors (Lipinski definition) is 4. The Morgan fingerprint density at radius 2 is 2.16 bits per heavy atom. The molecule has 1 fully saturated rings. The van der Waals surface area contributed by atoms with Crippen molar-refractivity contribution in [2.24, 2.45) is 0 Å². The Labute approximate surface area is 110 Å². The Morgan fingerprint density at radius 1 is 1.42 bits per heavy atom. The highest BCUT2D eigenvalue weighted by molar-refractivity contribution is 5.46. The Kier molecular flexibility index (Phi) is 4.31. The van der Waals surface area contributed by atoms with Crippen molar-refractivity contribution >= 4 is 5.69 Å². The molecule has 5 nitrogen and oxygen atoms in total. The van der Waals surface area contributed by atoms with Crippen LogP contribution in [0.4, 0.5) is 10.1 Å². The second kappa shape index (κ2) is 5.97. The lowest BCUT2D eigenvalue weighted by Gasteiger charge is -2.31. The first-order chi connectivity index (χ1) is 9.11. The van der Waals surface area contributed by atoms with Gasteiger partial charge in [0.25, 0.3) is 0 Å². The van der Waals surface area contributed by atoms with Gasteiger partial charge in [0, 0.05) is 18.2 Å². The highest BCUT2D eigenvalue weighted by Gasteiger charge is 2.28. The van der Waals surface area contributed by atoms with Crippen molar-refractivity contribution in [2.45, 2.75) is 37.8 Å². The molecule has 0 aromatic heterocycles. The monoisotopic (exact) mass is 268 g/mol. The fourth-order valence-corrected chi connectivity index (χ4v) is 2.46. The first kappa shape index (κ1) is 13.7. The molecule has 6 heteroatoms. The number of nitro benzene ring substituents is 1. The third-order valence-corrected chi connectivity index (χ3v) is 3.47. The van der Waals surface area contributed by atoms with Crippen LogP contribution in [-0.2, 0) is 0 Å². The largest absolute Gasteiger partial charge is 0.482 e. The molecule has 0 radical (unpaired) electrons. The average molecular weight is 268 g/mol. The number of rotatable bonds is 4. The van der Waals surface area contributed by atoms with E-state index in [1.165, 1.54) is 0 Å². The summed E-state index contributed by atoms with van der Waals surface area (Å²) in [6.07, 6.45) is 3.76. The molecule has 1 aliphatic carbocycles. The summed E-state index contributed by atoms with van der Waals surface area (Å²) < 4.78 is 18.9. The van der Waals surface area contributed by atoms with Crippen molar-refractivity contribution in [1.82, 2.24) is 5.32 Å². The van der Waals surface area contributed by atoms with E-state index >= 15 is 0 Å². The number of nitrogens with zero attached hydrogens (tertiary/aromatic N) is 1. The SMILES string of the molecule is CN[C@@H]1CCCC[C@H]1Oc1cc(F)ccc1[N+](=O)[O-]. The van der Waals surface area contributed by atoms with Crippen LogP contribution >= 0.6 is 0 Å². The van der Waals surface area contributed by atoms with Gasteiger partial charge >= 0.3 is 5.69 Å². The number of nitrogens with one attached hydrogen (secondary N) is 1. The fourth-order valence-electron chi connectivity index (χ4n) is 2.46. The molecular weight excluding hydrogens is 251 g/mol. The van der Waals surface area contributed by atoms with Gasteiger partial charge < -0.3 is 10.1 Å². The van der Waals surface area contributed by atoms with Crippen LogP contribution in [0.15, 0.2) is 18.2 Å².